The summed E-state index contributed by atoms with van der Waals surface area (Å²) in [5.41, 5.74) is 0. The molecule has 0 aliphatic heterocycles. The van der Waals surface area contributed by atoms with E-state index in [1.807, 2.05) is 0 Å². The zero-order valence-electron chi connectivity index (χ0n) is 9.35. The van der Waals surface area contributed by atoms with Gasteiger partial charge in [-0.2, -0.15) is 0 Å². The van der Waals surface area contributed by atoms with Crippen molar-refractivity contribution in [1.29, 1.82) is 0 Å². The van der Waals surface area contributed by atoms with Gasteiger partial charge in [-0.05, 0) is 31.7 Å². The van der Waals surface area contributed by atoms with Gasteiger partial charge in [-0.25, -0.2) is 0 Å². The summed E-state index contributed by atoms with van der Waals surface area (Å²) in [5, 5.41) is 3.56. The average molecular weight is 171 g/mol. The fourth-order valence-corrected chi connectivity index (χ4v) is 1.15. The average Bonchev–Trinajstić information content (AvgIpc) is 2.02. The van der Waals surface area contributed by atoms with E-state index in [9.17, 15) is 0 Å². The summed E-state index contributed by atoms with van der Waals surface area (Å²) in [5.74, 6) is 1.62. The fraction of sp³-hybridized carbons (Fsp3) is 1.00. The lowest BCUT2D eigenvalue weighted by Crippen LogP contribution is -2.33. The van der Waals surface area contributed by atoms with E-state index in [4.69, 9.17) is 0 Å². The van der Waals surface area contributed by atoms with Crippen molar-refractivity contribution in [3.8, 4) is 0 Å². The second-order valence-electron chi connectivity index (χ2n) is 4.31. The number of hydrogen-bond donors (Lipinski definition) is 1. The molecule has 0 rings (SSSR count). The molecular weight excluding hydrogens is 146 g/mol. The third kappa shape index (κ3) is 5.59. The van der Waals surface area contributed by atoms with Crippen LogP contribution in [-0.2, 0) is 0 Å². The van der Waals surface area contributed by atoms with Gasteiger partial charge in [0.15, 0.2) is 0 Å². The molecule has 0 radical (unpaired) electrons. The molecule has 0 heterocycles. The van der Waals surface area contributed by atoms with Crippen molar-refractivity contribution in [3.63, 3.8) is 0 Å². The Morgan fingerprint density at radius 3 is 2.08 bits per heavy atom. The first-order valence-corrected chi connectivity index (χ1v) is 5.31. The maximum absolute atomic E-state index is 3.56. The third-order valence-corrected chi connectivity index (χ3v) is 2.69. The molecule has 74 valence electrons. The Morgan fingerprint density at radius 1 is 1.08 bits per heavy atom. The largest absolute Gasteiger partial charge is 0.314 e. The highest BCUT2D eigenvalue weighted by Crippen LogP contribution is 2.07. The lowest BCUT2D eigenvalue weighted by Gasteiger charge is -2.20. The van der Waals surface area contributed by atoms with E-state index < -0.39 is 0 Å². The van der Waals surface area contributed by atoms with E-state index in [0.717, 1.165) is 11.8 Å². The molecule has 0 amide bonds. The molecule has 0 saturated heterocycles. The minimum atomic E-state index is 0.675. The van der Waals surface area contributed by atoms with Gasteiger partial charge in [-0.15, -0.1) is 0 Å². The van der Waals surface area contributed by atoms with Gasteiger partial charge in [-0.1, -0.05) is 34.1 Å². The molecule has 0 aliphatic rings. The number of nitrogens with one attached hydrogen (secondary N) is 1. The topological polar surface area (TPSA) is 12.0 Å². The molecule has 2 atom stereocenters. The van der Waals surface area contributed by atoms with Crippen LogP contribution in [0, 0.1) is 11.8 Å². The van der Waals surface area contributed by atoms with Gasteiger partial charge < -0.3 is 5.32 Å². The molecule has 1 N–H and O–H groups in total. The van der Waals surface area contributed by atoms with Crippen molar-refractivity contribution < 1.29 is 0 Å². The van der Waals surface area contributed by atoms with E-state index in [1.165, 1.54) is 19.4 Å². The van der Waals surface area contributed by atoms with Gasteiger partial charge in [-0.3, -0.25) is 0 Å². The Morgan fingerprint density at radius 2 is 1.67 bits per heavy atom. The Balaban J connectivity index is 3.37. The van der Waals surface area contributed by atoms with Crippen molar-refractivity contribution in [1.82, 2.24) is 5.32 Å². The Kier molecular flexibility index (Phi) is 6.45. The predicted molar refractivity (Wildman–Crippen MR) is 56.4 cm³/mol. The van der Waals surface area contributed by atoms with E-state index in [2.05, 4.69) is 39.9 Å². The van der Waals surface area contributed by atoms with E-state index in [0.29, 0.717) is 6.04 Å². The SMILES string of the molecule is CCC(C)C(C)NCCC(C)C. The number of rotatable bonds is 6. The van der Waals surface area contributed by atoms with Crippen LogP contribution in [0.2, 0.25) is 0 Å². The summed E-state index contributed by atoms with van der Waals surface area (Å²) in [6.07, 6.45) is 2.57. The summed E-state index contributed by atoms with van der Waals surface area (Å²) < 4.78 is 0. The molecule has 2 unspecified atom stereocenters. The minimum Gasteiger partial charge on any atom is -0.314 e. The lowest BCUT2D eigenvalue weighted by atomic mass is 10.0. The monoisotopic (exact) mass is 171 g/mol. The second kappa shape index (κ2) is 6.47. The van der Waals surface area contributed by atoms with E-state index in [1.54, 1.807) is 0 Å². The highest BCUT2D eigenvalue weighted by molar-refractivity contribution is 4.66. The molecule has 1 heteroatoms. The highest BCUT2D eigenvalue weighted by Gasteiger charge is 2.08. The predicted octanol–water partition coefficient (Wildman–Crippen LogP) is 3.06. The van der Waals surface area contributed by atoms with E-state index >= 15 is 0 Å². The van der Waals surface area contributed by atoms with Crippen LogP contribution in [0.5, 0.6) is 0 Å². The number of hydrogen-bond acceptors (Lipinski definition) is 1. The lowest BCUT2D eigenvalue weighted by molar-refractivity contribution is 0.378. The Hall–Kier alpha value is -0.0400. The summed E-state index contributed by atoms with van der Waals surface area (Å²) in [4.78, 5) is 0. The molecule has 0 saturated carbocycles. The van der Waals surface area contributed by atoms with Crippen LogP contribution in [-0.4, -0.2) is 12.6 Å². The van der Waals surface area contributed by atoms with Gasteiger partial charge in [0.05, 0.1) is 0 Å². The van der Waals surface area contributed by atoms with Gasteiger partial charge in [0.2, 0.25) is 0 Å². The molecular formula is C11H25N. The van der Waals surface area contributed by atoms with Crippen molar-refractivity contribution in [2.75, 3.05) is 6.54 Å². The minimum absolute atomic E-state index is 0.675. The van der Waals surface area contributed by atoms with Crippen LogP contribution in [0.25, 0.3) is 0 Å². The first-order valence-electron chi connectivity index (χ1n) is 5.31. The zero-order chi connectivity index (χ0) is 9.56. The Bertz CT molecular complexity index is 99.2. The first-order chi connectivity index (χ1) is 5.57. The van der Waals surface area contributed by atoms with Crippen molar-refractivity contribution in [3.05, 3.63) is 0 Å². The quantitative estimate of drug-likeness (QED) is 0.647. The van der Waals surface area contributed by atoms with Crippen LogP contribution < -0.4 is 5.32 Å². The molecule has 0 aromatic heterocycles. The van der Waals surface area contributed by atoms with Crippen LogP contribution in [0.4, 0.5) is 0 Å². The molecule has 0 aromatic carbocycles. The highest BCUT2D eigenvalue weighted by atomic mass is 14.9. The molecule has 0 aliphatic carbocycles. The zero-order valence-corrected chi connectivity index (χ0v) is 9.35. The Labute approximate surface area is 77.9 Å². The molecule has 12 heavy (non-hydrogen) atoms. The maximum atomic E-state index is 3.56. The van der Waals surface area contributed by atoms with Gasteiger partial charge >= 0.3 is 0 Å². The molecule has 0 spiro atoms. The smallest absolute Gasteiger partial charge is 0.00642 e. The molecule has 1 nitrogen and oxygen atoms in total. The summed E-state index contributed by atoms with van der Waals surface area (Å²) in [6, 6.07) is 0.675. The van der Waals surface area contributed by atoms with Crippen molar-refractivity contribution in [2.24, 2.45) is 11.8 Å². The van der Waals surface area contributed by atoms with E-state index in [-0.39, 0.29) is 0 Å². The van der Waals surface area contributed by atoms with Gasteiger partial charge in [0.1, 0.15) is 0 Å². The summed E-state index contributed by atoms with van der Waals surface area (Å²) >= 11 is 0. The molecule has 0 aromatic rings. The molecule has 0 fully saturated rings. The summed E-state index contributed by atoms with van der Waals surface area (Å²) in [7, 11) is 0. The van der Waals surface area contributed by atoms with Gasteiger partial charge in [0, 0.05) is 6.04 Å². The van der Waals surface area contributed by atoms with Crippen LogP contribution >= 0.6 is 0 Å². The van der Waals surface area contributed by atoms with Crippen molar-refractivity contribution in [2.45, 2.75) is 53.5 Å². The van der Waals surface area contributed by atoms with Crippen LogP contribution in [0.3, 0.4) is 0 Å². The summed E-state index contributed by atoms with van der Waals surface area (Å²) in [6.45, 7) is 12.6. The normalized spacial score (nSPS) is 16.5. The van der Waals surface area contributed by atoms with Gasteiger partial charge in [0.25, 0.3) is 0 Å². The second-order valence-corrected chi connectivity index (χ2v) is 4.31. The molecule has 0 bridgehead atoms. The maximum Gasteiger partial charge on any atom is 0.00642 e. The van der Waals surface area contributed by atoms with Crippen molar-refractivity contribution >= 4 is 0 Å². The third-order valence-electron chi connectivity index (χ3n) is 2.69. The van der Waals surface area contributed by atoms with Crippen LogP contribution in [0.1, 0.15) is 47.5 Å². The standard InChI is InChI=1S/C11H25N/c1-6-10(4)11(5)12-8-7-9(2)3/h9-12H,6-8H2,1-5H3. The van der Waals surface area contributed by atoms with Crippen LogP contribution in [0.15, 0.2) is 0 Å². The first kappa shape index (κ1) is 12.0. The fourth-order valence-electron chi connectivity index (χ4n) is 1.15.